The van der Waals surface area contributed by atoms with Crippen LogP contribution in [0.15, 0.2) is 22.7 Å². The van der Waals surface area contributed by atoms with Crippen molar-refractivity contribution in [1.82, 2.24) is 0 Å². The molecule has 4 heteroatoms. The van der Waals surface area contributed by atoms with E-state index in [0.717, 1.165) is 36.2 Å². The van der Waals surface area contributed by atoms with Crippen molar-refractivity contribution in [3.8, 4) is 6.07 Å². The summed E-state index contributed by atoms with van der Waals surface area (Å²) in [6.07, 6.45) is 1.16. The van der Waals surface area contributed by atoms with Crippen molar-refractivity contribution >= 4 is 21.6 Å². The molecule has 0 amide bonds. The number of nitrogens with two attached hydrogens (primary N) is 1. The summed E-state index contributed by atoms with van der Waals surface area (Å²) < 4.78 is 0.958. The van der Waals surface area contributed by atoms with Crippen LogP contribution in [0.1, 0.15) is 18.9 Å². The summed E-state index contributed by atoms with van der Waals surface area (Å²) in [4.78, 5) is 2.34. The van der Waals surface area contributed by atoms with Gasteiger partial charge in [-0.3, -0.25) is 0 Å². The smallest absolute Gasteiger partial charge is 0.0992 e. The lowest BCUT2D eigenvalue weighted by atomic mass is 9.87. The zero-order valence-electron chi connectivity index (χ0n) is 10.6. The number of nitriles is 1. The van der Waals surface area contributed by atoms with E-state index in [2.05, 4.69) is 39.9 Å². The van der Waals surface area contributed by atoms with Gasteiger partial charge in [0.2, 0.25) is 0 Å². The molecule has 1 aromatic rings. The fourth-order valence-corrected chi connectivity index (χ4v) is 2.99. The summed E-state index contributed by atoms with van der Waals surface area (Å²) in [5.41, 5.74) is 7.65. The van der Waals surface area contributed by atoms with Crippen LogP contribution in [0.2, 0.25) is 0 Å². The first-order valence-electron chi connectivity index (χ1n) is 6.29. The van der Waals surface area contributed by atoms with Gasteiger partial charge >= 0.3 is 0 Å². The lowest BCUT2D eigenvalue weighted by molar-refractivity contribution is 0.308. The van der Waals surface area contributed by atoms with Crippen LogP contribution < -0.4 is 10.6 Å². The molecule has 0 saturated carbocycles. The van der Waals surface area contributed by atoms with Crippen LogP contribution in [-0.2, 0) is 0 Å². The Balaban J connectivity index is 2.22. The molecule has 0 aliphatic carbocycles. The highest BCUT2D eigenvalue weighted by molar-refractivity contribution is 9.10. The van der Waals surface area contributed by atoms with E-state index in [-0.39, 0.29) is 0 Å². The molecule has 96 valence electrons. The molecular formula is C14H18BrN3. The van der Waals surface area contributed by atoms with E-state index in [1.807, 2.05) is 12.1 Å². The molecular weight excluding hydrogens is 290 g/mol. The maximum Gasteiger partial charge on any atom is 0.0992 e. The zero-order valence-corrected chi connectivity index (χ0v) is 12.2. The van der Waals surface area contributed by atoms with Crippen molar-refractivity contribution in [3.63, 3.8) is 0 Å². The minimum Gasteiger partial charge on any atom is -0.371 e. The Hall–Kier alpha value is -1.05. The summed E-state index contributed by atoms with van der Waals surface area (Å²) in [7, 11) is 0. The van der Waals surface area contributed by atoms with Gasteiger partial charge < -0.3 is 10.6 Å². The lowest BCUT2D eigenvalue weighted by Crippen LogP contribution is -2.42. The highest BCUT2D eigenvalue weighted by atomic mass is 79.9. The van der Waals surface area contributed by atoms with Crippen LogP contribution in [0.3, 0.4) is 0 Å². The SMILES string of the molecule is CC1CCN(c2cc(Br)cc(C#N)c2)CC1CN. The van der Waals surface area contributed by atoms with Crippen molar-refractivity contribution in [1.29, 1.82) is 5.26 Å². The van der Waals surface area contributed by atoms with Crippen molar-refractivity contribution in [2.45, 2.75) is 13.3 Å². The Kier molecular flexibility index (Phi) is 4.26. The van der Waals surface area contributed by atoms with E-state index in [4.69, 9.17) is 11.0 Å². The highest BCUT2D eigenvalue weighted by Crippen LogP contribution is 2.29. The third kappa shape index (κ3) is 2.85. The van der Waals surface area contributed by atoms with Crippen molar-refractivity contribution < 1.29 is 0 Å². The predicted molar refractivity (Wildman–Crippen MR) is 77.4 cm³/mol. The van der Waals surface area contributed by atoms with Crippen LogP contribution >= 0.6 is 15.9 Å². The van der Waals surface area contributed by atoms with Crippen LogP contribution in [0.4, 0.5) is 5.69 Å². The molecule has 1 aliphatic heterocycles. The number of halogens is 1. The molecule has 18 heavy (non-hydrogen) atoms. The van der Waals surface area contributed by atoms with Gasteiger partial charge in [-0.25, -0.2) is 0 Å². The van der Waals surface area contributed by atoms with E-state index in [1.165, 1.54) is 0 Å². The standard InChI is InChI=1S/C14H18BrN3/c1-10-2-3-18(9-12(10)8-17)14-5-11(7-16)4-13(15)6-14/h4-6,10,12H,2-3,8-9,17H2,1H3. The molecule has 0 radical (unpaired) electrons. The molecule has 1 aliphatic rings. The van der Waals surface area contributed by atoms with E-state index in [9.17, 15) is 0 Å². The Bertz CT molecular complexity index is 467. The molecule has 0 aromatic heterocycles. The number of anilines is 1. The molecule has 1 aromatic carbocycles. The van der Waals surface area contributed by atoms with E-state index in [1.54, 1.807) is 0 Å². The summed E-state index contributed by atoms with van der Waals surface area (Å²) in [5.74, 6) is 1.23. The highest BCUT2D eigenvalue weighted by Gasteiger charge is 2.25. The van der Waals surface area contributed by atoms with Crippen molar-refractivity contribution in [2.75, 3.05) is 24.5 Å². The number of piperidine rings is 1. The Morgan fingerprint density at radius 3 is 2.94 bits per heavy atom. The van der Waals surface area contributed by atoms with Crippen molar-refractivity contribution in [2.24, 2.45) is 17.6 Å². The minimum atomic E-state index is 0.545. The monoisotopic (exact) mass is 307 g/mol. The zero-order chi connectivity index (χ0) is 13.1. The Labute approximate surface area is 117 Å². The minimum absolute atomic E-state index is 0.545. The summed E-state index contributed by atoms with van der Waals surface area (Å²) in [6.45, 7) is 5.03. The van der Waals surface area contributed by atoms with Gasteiger partial charge in [-0.1, -0.05) is 22.9 Å². The third-order valence-corrected chi connectivity index (χ3v) is 4.25. The van der Waals surface area contributed by atoms with Gasteiger partial charge in [-0.15, -0.1) is 0 Å². The molecule has 0 bridgehead atoms. The Morgan fingerprint density at radius 1 is 1.50 bits per heavy atom. The van der Waals surface area contributed by atoms with Crippen LogP contribution in [0.5, 0.6) is 0 Å². The van der Waals surface area contributed by atoms with Gasteiger partial charge in [-0.05, 0) is 43.0 Å². The molecule has 1 heterocycles. The molecule has 2 N–H and O–H groups in total. The molecule has 2 rings (SSSR count). The average Bonchev–Trinajstić information content (AvgIpc) is 2.38. The maximum atomic E-state index is 9.02. The van der Waals surface area contributed by atoms with E-state index < -0.39 is 0 Å². The lowest BCUT2D eigenvalue weighted by Gasteiger charge is -2.38. The van der Waals surface area contributed by atoms with E-state index in [0.29, 0.717) is 17.4 Å². The number of nitrogens with zero attached hydrogens (tertiary/aromatic N) is 2. The quantitative estimate of drug-likeness (QED) is 0.914. The molecule has 2 unspecified atom stereocenters. The fraction of sp³-hybridized carbons (Fsp3) is 0.500. The molecule has 1 saturated heterocycles. The van der Waals surface area contributed by atoms with Crippen molar-refractivity contribution in [3.05, 3.63) is 28.2 Å². The third-order valence-electron chi connectivity index (χ3n) is 3.79. The normalized spacial score (nSPS) is 23.8. The first kappa shape index (κ1) is 13.4. The first-order chi connectivity index (χ1) is 8.63. The number of hydrogen-bond donors (Lipinski definition) is 1. The second-order valence-electron chi connectivity index (χ2n) is 5.02. The van der Waals surface area contributed by atoms with Gasteiger partial charge in [0.25, 0.3) is 0 Å². The van der Waals surface area contributed by atoms with Gasteiger partial charge in [0.05, 0.1) is 11.6 Å². The Morgan fingerprint density at radius 2 is 2.28 bits per heavy atom. The van der Waals surface area contributed by atoms with Gasteiger partial charge in [0, 0.05) is 23.2 Å². The molecule has 2 atom stereocenters. The first-order valence-corrected chi connectivity index (χ1v) is 7.09. The van der Waals surface area contributed by atoms with Crippen LogP contribution in [-0.4, -0.2) is 19.6 Å². The second-order valence-corrected chi connectivity index (χ2v) is 5.93. The predicted octanol–water partition coefficient (Wildman–Crippen LogP) is 2.74. The van der Waals surface area contributed by atoms with Gasteiger partial charge in [0.15, 0.2) is 0 Å². The fourth-order valence-electron chi connectivity index (χ4n) is 2.51. The number of hydrogen-bond acceptors (Lipinski definition) is 3. The summed E-state index contributed by atoms with van der Waals surface area (Å²) >= 11 is 3.46. The van der Waals surface area contributed by atoms with Crippen LogP contribution in [0.25, 0.3) is 0 Å². The summed E-state index contributed by atoms with van der Waals surface area (Å²) in [6, 6.07) is 8.07. The topological polar surface area (TPSA) is 53.0 Å². The van der Waals surface area contributed by atoms with E-state index >= 15 is 0 Å². The largest absolute Gasteiger partial charge is 0.371 e. The second kappa shape index (κ2) is 5.73. The van der Waals surface area contributed by atoms with Gasteiger partial charge in [-0.2, -0.15) is 5.26 Å². The molecule has 0 spiro atoms. The molecule has 1 fully saturated rings. The average molecular weight is 308 g/mol. The number of benzene rings is 1. The maximum absolute atomic E-state index is 9.02. The molecule has 3 nitrogen and oxygen atoms in total. The van der Waals surface area contributed by atoms with Crippen LogP contribution in [0, 0.1) is 23.2 Å². The van der Waals surface area contributed by atoms with Gasteiger partial charge in [0.1, 0.15) is 0 Å². The summed E-state index contributed by atoms with van der Waals surface area (Å²) in [5, 5.41) is 9.02. The number of rotatable bonds is 2.